The molecule has 4 aromatic rings. The molecule has 1 aliphatic heterocycles. The monoisotopic (exact) mass is 478 g/mol. The zero-order valence-corrected chi connectivity index (χ0v) is 19.6. The molecule has 0 N–H and O–H groups in total. The van der Waals surface area contributed by atoms with E-state index in [1.807, 2.05) is 28.8 Å². The molecular weight excluding hydrogens is 454 g/mol. The van der Waals surface area contributed by atoms with Crippen molar-refractivity contribution in [2.24, 2.45) is 0 Å². The van der Waals surface area contributed by atoms with Crippen LogP contribution in [0.4, 0.5) is 8.78 Å². The normalized spacial score (nSPS) is 16.1. The molecule has 2 aromatic carbocycles. The lowest BCUT2D eigenvalue weighted by atomic mass is 10.0. The van der Waals surface area contributed by atoms with Gasteiger partial charge in [0, 0.05) is 18.3 Å². The molecule has 1 amide bonds. The van der Waals surface area contributed by atoms with Crippen molar-refractivity contribution in [3.8, 4) is 21.7 Å². The number of piperidine rings is 1. The van der Waals surface area contributed by atoms with Crippen molar-refractivity contribution >= 4 is 17.2 Å². The predicted octanol–water partition coefficient (Wildman–Crippen LogP) is 5.96. The van der Waals surface area contributed by atoms with Gasteiger partial charge < -0.3 is 4.90 Å². The lowest BCUT2D eigenvalue weighted by Crippen LogP contribution is -2.46. The molecular formula is C26H24F2N4OS. The summed E-state index contributed by atoms with van der Waals surface area (Å²) in [5.74, 6) is -0.690. The Morgan fingerprint density at radius 2 is 1.68 bits per heavy atom. The second kappa shape index (κ2) is 9.46. The first kappa shape index (κ1) is 22.4. The number of likely N-dealkylation sites (tertiary alicyclic amines) is 1. The van der Waals surface area contributed by atoms with Crippen LogP contribution < -0.4 is 0 Å². The summed E-state index contributed by atoms with van der Waals surface area (Å²) in [6, 6.07) is 14.3. The van der Waals surface area contributed by atoms with Gasteiger partial charge in [-0.1, -0.05) is 12.1 Å². The molecule has 5 rings (SSSR count). The number of aryl methyl sites for hydroxylation is 1. The largest absolute Gasteiger partial charge is 0.332 e. The number of thiazole rings is 1. The van der Waals surface area contributed by atoms with E-state index in [0.29, 0.717) is 18.8 Å². The molecule has 1 aliphatic rings. The average molecular weight is 479 g/mol. The Morgan fingerprint density at radius 1 is 1.00 bits per heavy atom. The van der Waals surface area contributed by atoms with Gasteiger partial charge in [-0.25, -0.2) is 13.8 Å². The van der Waals surface area contributed by atoms with Crippen molar-refractivity contribution in [2.75, 3.05) is 6.54 Å². The standard InChI is InChI=1S/C26H24F2N4OS/c1-17-29-24(25(34-17)19-7-11-21(28)12-8-19)26(33)32-14-3-2-4-22(32)16-31-15-13-23(30-31)18-5-9-20(27)10-6-18/h5-13,15,22H,2-4,14,16H2,1H3. The first-order chi connectivity index (χ1) is 16.5. The van der Waals surface area contributed by atoms with Gasteiger partial charge in [0.05, 0.1) is 28.2 Å². The van der Waals surface area contributed by atoms with Gasteiger partial charge in [0.15, 0.2) is 0 Å². The van der Waals surface area contributed by atoms with E-state index in [-0.39, 0.29) is 23.6 Å². The van der Waals surface area contributed by atoms with Crippen LogP contribution in [0.25, 0.3) is 21.7 Å². The summed E-state index contributed by atoms with van der Waals surface area (Å²) in [7, 11) is 0. The minimum absolute atomic E-state index is 0.00899. The fourth-order valence-electron chi connectivity index (χ4n) is 4.42. The summed E-state index contributed by atoms with van der Waals surface area (Å²) < 4.78 is 28.5. The first-order valence-electron chi connectivity index (χ1n) is 11.3. The maximum absolute atomic E-state index is 13.7. The summed E-state index contributed by atoms with van der Waals surface area (Å²) in [6.45, 7) is 3.11. The zero-order chi connectivity index (χ0) is 23.7. The molecule has 174 valence electrons. The van der Waals surface area contributed by atoms with E-state index in [1.54, 1.807) is 24.3 Å². The van der Waals surface area contributed by atoms with E-state index in [0.717, 1.165) is 46.0 Å². The number of hydrogen-bond acceptors (Lipinski definition) is 4. The van der Waals surface area contributed by atoms with Crippen molar-refractivity contribution in [3.63, 3.8) is 0 Å². The van der Waals surface area contributed by atoms with Gasteiger partial charge in [0.1, 0.15) is 17.3 Å². The smallest absolute Gasteiger partial charge is 0.274 e. The molecule has 1 unspecified atom stereocenters. The average Bonchev–Trinajstić information content (AvgIpc) is 3.47. The summed E-state index contributed by atoms with van der Waals surface area (Å²) in [5.41, 5.74) is 2.83. The molecule has 8 heteroatoms. The Hall–Kier alpha value is -3.39. The number of rotatable bonds is 5. The lowest BCUT2D eigenvalue weighted by Gasteiger charge is -2.35. The topological polar surface area (TPSA) is 51.0 Å². The number of amides is 1. The summed E-state index contributed by atoms with van der Waals surface area (Å²) in [4.78, 5) is 20.9. The Balaban J connectivity index is 1.38. The van der Waals surface area contributed by atoms with Crippen molar-refractivity contribution < 1.29 is 13.6 Å². The number of halogens is 2. The fraction of sp³-hybridized carbons (Fsp3) is 0.269. The number of benzene rings is 2. The molecule has 1 atom stereocenters. The number of aromatic nitrogens is 3. The number of carbonyl (C=O) groups excluding carboxylic acids is 1. The van der Waals surface area contributed by atoms with Gasteiger partial charge in [-0.3, -0.25) is 9.48 Å². The van der Waals surface area contributed by atoms with Crippen LogP contribution in [-0.4, -0.2) is 38.2 Å². The quantitative estimate of drug-likeness (QED) is 0.356. The second-order valence-corrected chi connectivity index (χ2v) is 9.70. The van der Waals surface area contributed by atoms with Crippen molar-refractivity contribution in [3.05, 3.63) is 83.1 Å². The van der Waals surface area contributed by atoms with Gasteiger partial charge in [0.25, 0.3) is 5.91 Å². The molecule has 3 heterocycles. The highest BCUT2D eigenvalue weighted by molar-refractivity contribution is 7.15. The van der Waals surface area contributed by atoms with Gasteiger partial charge in [-0.15, -0.1) is 11.3 Å². The molecule has 0 radical (unpaired) electrons. The minimum Gasteiger partial charge on any atom is -0.332 e. The highest BCUT2D eigenvalue weighted by atomic mass is 32.1. The summed E-state index contributed by atoms with van der Waals surface area (Å²) in [6.07, 6.45) is 4.76. The number of carbonyl (C=O) groups is 1. The second-order valence-electron chi connectivity index (χ2n) is 8.50. The zero-order valence-electron chi connectivity index (χ0n) is 18.7. The van der Waals surface area contributed by atoms with E-state index in [4.69, 9.17) is 0 Å². The summed E-state index contributed by atoms with van der Waals surface area (Å²) in [5, 5.41) is 5.45. The molecule has 1 saturated heterocycles. The van der Waals surface area contributed by atoms with Crippen LogP contribution in [0.2, 0.25) is 0 Å². The van der Waals surface area contributed by atoms with Crippen molar-refractivity contribution in [2.45, 2.75) is 38.8 Å². The molecule has 0 spiro atoms. The third-order valence-corrected chi connectivity index (χ3v) is 7.13. The maximum Gasteiger partial charge on any atom is 0.274 e. The SMILES string of the molecule is Cc1nc(C(=O)N2CCCCC2Cn2ccc(-c3ccc(F)cc3)n2)c(-c2ccc(F)cc2)s1. The highest BCUT2D eigenvalue weighted by Crippen LogP contribution is 2.32. The number of nitrogens with zero attached hydrogens (tertiary/aromatic N) is 4. The van der Waals surface area contributed by atoms with Gasteiger partial charge >= 0.3 is 0 Å². The maximum atomic E-state index is 13.7. The van der Waals surface area contributed by atoms with Crippen LogP contribution in [0.15, 0.2) is 60.8 Å². The minimum atomic E-state index is -0.312. The summed E-state index contributed by atoms with van der Waals surface area (Å²) >= 11 is 1.45. The number of hydrogen-bond donors (Lipinski definition) is 0. The highest BCUT2D eigenvalue weighted by Gasteiger charge is 2.31. The van der Waals surface area contributed by atoms with Crippen LogP contribution in [0.3, 0.4) is 0 Å². The molecule has 2 aromatic heterocycles. The Kier molecular flexibility index (Phi) is 6.24. The Morgan fingerprint density at radius 3 is 2.38 bits per heavy atom. The van der Waals surface area contributed by atoms with Crippen molar-refractivity contribution in [1.82, 2.24) is 19.7 Å². The van der Waals surface area contributed by atoms with Gasteiger partial charge in [0.2, 0.25) is 0 Å². The van der Waals surface area contributed by atoms with Crippen LogP contribution in [-0.2, 0) is 6.54 Å². The van der Waals surface area contributed by atoms with E-state index in [1.165, 1.54) is 35.6 Å². The van der Waals surface area contributed by atoms with Crippen molar-refractivity contribution in [1.29, 1.82) is 0 Å². The molecule has 34 heavy (non-hydrogen) atoms. The molecule has 0 bridgehead atoms. The first-order valence-corrected chi connectivity index (χ1v) is 12.1. The lowest BCUT2D eigenvalue weighted by molar-refractivity contribution is 0.0579. The molecule has 0 saturated carbocycles. The fourth-order valence-corrected chi connectivity index (χ4v) is 5.33. The van der Waals surface area contributed by atoms with E-state index < -0.39 is 0 Å². The van der Waals surface area contributed by atoms with E-state index in [9.17, 15) is 13.6 Å². The molecule has 0 aliphatic carbocycles. The van der Waals surface area contributed by atoms with Gasteiger partial charge in [-0.2, -0.15) is 5.10 Å². The molecule has 5 nitrogen and oxygen atoms in total. The van der Waals surface area contributed by atoms with Crippen LogP contribution in [0.5, 0.6) is 0 Å². The van der Waals surface area contributed by atoms with Gasteiger partial charge in [-0.05, 0) is 74.2 Å². The van der Waals surface area contributed by atoms with E-state index in [2.05, 4.69) is 10.1 Å². The van der Waals surface area contributed by atoms with Crippen LogP contribution in [0.1, 0.15) is 34.8 Å². The third-order valence-electron chi connectivity index (χ3n) is 6.11. The predicted molar refractivity (Wildman–Crippen MR) is 129 cm³/mol. The Labute approximate surface area is 200 Å². The van der Waals surface area contributed by atoms with Crippen LogP contribution >= 0.6 is 11.3 Å². The van der Waals surface area contributed by atoms with E-state index >= 15 is 0 Å². The van der Waals surface area contributed by atoms with Crippen LogP contribution in [0, 0.1) is 18.6 Å². The third kappa shape index (κ3) is 4.63. The molecule has 1 fully saturated rings. The Bertz CT molecular complexity index is 1300.